The molecule has 0 spiro atoms. The zero-order chi connectivity index (χ0) is 23.5. The van der Waals surface area contributed by atoms with E-state index in [1.165, 1.54) is 4.90 Å². The molecule has 0 bridgehead atoms. The first-order chi connectivity index (χ1) is 16.6. The minimum atomic E-state index is -0.849. The van der Waals surface area contributed by atoms with Crippen LogP contribution in [0, 0.1) is 0 Å². The minimum Gasteiger partial charge on any atom is -0.486 e. The van der Waals surface area contributed by atoms with E-state index >= 15 is 0 Å². The van der Waals surface area contributed by atoms with Gasteiger partial charge < -0.3 is 29.4 Å². The molecule has 0 aliphatic carbocycles. The van der Waals surface area contributed by atoms with Crippen LogP contribution in [-0.2, 0) is 11.2 Å². The number of benzene rings is 1. The molecule has 34 heavy (non-hydrogen) atoms. The fourth-order valence-corrected chi connectivity index (χ4v) is 4.08. The van der Waals surface area contributed by atoms with E-state index in [0.717, 1.165) is 16.6 Å². The Morgan fingerprint density at radius 3 is 2.91 bits per heavy atom. The Morgan fingerprint density at radius 1 is 1.21 bits per heavy atom. The van der Waals surface area contributed by atoms with Gasteiger partial charge in [0.2, 0.25) is 5.88 Å². The average Bonchev–Trinajstić information content (AvgIpc) is 3.27. The first kappa shape index (κ1) is 22.2. The first-order valence-corrected chi connectivity index (χ1v) is 11.2. The van der Waals surface area contributed by atoms with E-state index in [2.05, 4.69) is 15.3 Å². The van der Waals surface area contributed by atoms with Crippen molar-refractivity contribution in [3.63, 3.8) is 0 Å². The van der Waals surface area contributed by atoms with E-state index in [1.807, 2.05) is 12.1 Å². The summed E-state index contributed by atoms with van der Waals surface area (Å²) in [6.07, 6.45) is 0.466. The number of rotatable bonds is 8. The number of aliphatic hydroxyl groups is 1. The zero-order valence-electron chi connectivity index (χ0n) is 18.8. The largest absolute Gasteiger partial charge is 0.486 e. The van der Waals surface area contributed by atoms with Gasteiger partial charge in [0.1, 0.15) is 25.4 Å². The fraction of sp³-hybridized carbons (Fsp3) is 0.375. The zero-order valence-corrected chi connectivity index (χ0v) is 18.8. The van der Waals surface area contributed by atoms with E-state index in [1.54, 1.807) is 37.6 Å². The molecule has 1 fully saturated rings. The summed E-state index contributed by atoms with van der Waals surface area (Å²) in [7, 11) is 1.58. The maximum absolute atomic E-state index is 12.4. The minimum absolute atomic E-state index is 0.250. The normalized spacial score (nSPS) is 18.1. The molecule has 2 N–H and O–H groups in total. The molecule has 1 saturated heterocycles. The maximum atomic E-state index is 12.4. The lowest BCUT2D eigenvalue weighted by Gasteiger charge is -2.21. The highest BCUT2D eigenvalue weighted by Gasteiger charge is 2.37. The molecule has 3 aromatic rings. The molecule has 0 radical (unpaired) electrons. The van der Waals surface area contributed by atoms with Gasteiger partial charge in [-0.25, -0.2) is 9.78 Å². The highest BCUT2D eigenvalue weighted by atomic mass is 16.6. The van der Waals surface area contributed by atoms with E-state index in [0.29, 0.717) is 49.2 Å². The summed E-state index contributed by atoms with van der Waals surface area (Å²) in [4.78, 5) is 22.8. The van der Waals surface area contributed by atoms with E-state index < -0.39 is 18.3 Å². The quantitative estimate of drug-likeness (QED) is 0.481. The molecule has 2 aliphatic heterocycles. The van der Waals surface area contributed by atoms with Crippen LogP contribution in [0.25, 0.3) is 11.0 Å². The Morgan fingerprint density at radius 2 is 2.06 bits per heavy atom. The number of nitrogens with zero attached hydrogens (tertiary/aromatic N) is 3. The molecule has 10 nitrogen and oxygen atoms in total. The lowest BCUT2D eigenvalue weighted by Crippen LogP contribution is -2.39. The van der Waals surface area contributed by atoms with E-state index in [-0.39, 0.29) is 13.1 Å². The Balaban J connectivity index is 1.15. The highest BCUT2D eigenvalue weighted by Crippen LogP contribution is 2.35. The van der Waals surface area contributed by atoms with Gasteiger partial charge in [0.05, 0.1) is 30.4 Å². The second kappa shape index (κ2) is 9.70. The van der Waals surface area contributed by atoms with Crippen molar-refractivity contribution in [3.05, 3.63) is 48.2 Å². The second-order valence-corrected chi connectivity index (χ2v) is 8.07. The average molecular weight is 466 g/mol. The number of cyclic esters (lactones) is 1. The number of carbonyl (C=O) groups excluding carboxylic acids is 1. The molecule has 1 amide bonds. The summed E-state index contributed by atoms with van der Waals surface area (Å²) in [5.74, 6) is 1.78. The predicted octanol–water partition coefficient (Wildman–Crippen LogP) is 1.93. The van der Waals surface area contributed by atoms with Crippen molar-refractivity contribution in [3.8, 4) is 17.4 Å². The van der Waals surface area contributed by atoms with Crippen LogP contribution in [0.1, 0.15) is 5.56 Å². The molecule has 178 valence electrons. The van der Waals surface area contributed by atoms with Gasteiger partial charge in [-0.05, 0) is 42.8 Å². The maximum Gasteiger partial charge on any atom is 0.414 e. The topological polar surface area (TPSA) is 115 Å². The van der Waals surface area contributed by atoms with Crippen LogP contribution < -0.4 is 24.4 Å². The van der Waals surface area contributed by atoms with Crippen molar-refractivity contribution in [2.45, 2.75) is 18.6 Å². The second-order valence-electron chi connectivity index (χ2n) is 8.07. The molecule has 0 saturated carbocycles. The first-order valence-electron chi connectivity index (χ1n) is 11.2. The number of carbonyl (C=O) groups is 1. The number of fused-ring (bicyclic) bond motifs is 2. The summed E-state index contributed by atoms with van der Waals surface area (Å²) >= 11 is 0. The Kier molecular flexibility index (Phi) is 6.33. The van der Waals surface area contributed by atoms with Gasteiger partial charge in [0, 0.05) is 24.9 Å². The Hall–Kier alpha value is -3.63. The number of aromatic nitrogens is 2. The van der Waals surface area contributed by atoms with Gasteiger partial charge in [-0.3, -0.25) is 9.88 Å². The molecule has 2 aliphatic rings. The summed E-state index contributed by atoms with van der Waals surface area (Å²) in [6.45, 7) is 2.11. The number of aliphatic hydroxyl groups excluding tert-OH is 1. The van der Waals surface area contributed by atoms with Crippen molar-refractivity contribution >= 4 is 22.8 Å². The summed E-state index contributed by atoms with van der Waals surface area (Å²) in [5, 5.41) is 13.8. The van der Waals surface area contributed by atoms with Crippen LogP contribution in [0.15, 0.2) is 42.6 Å². The molecule has 1 unspecified atom stereocenters. The lowest BCUT2D eigenvalue weighted by atomic mass is 10.1. The predicted molar refractivity (Wildman–Crippen MR) is 124 cm³/mol. The number of pyridine rings is 2. The monoisotopic (exact) mass is 466 g/mol. The number of hydrogen-bond donors (Lipinski definition) is 2. The number of amides is 1. The van der Waals surface area contributed by atoms with Crippen LogP contribution in [0.3, 0.4) is 0 Å². The van der Waals surface area contributed by atoms with Crippen LogP contribution in [0.5, 0.6) is 17.4 Å². The van der Waals surface area contributed by atoms with Crippen molar-refractivity contribution in [2.75, 3.05) is 44.9 Å². The Labute approximate surface area is 196 Å². The molecular weight excluding hydrogens is 440 g/mol. The molecule has 5 rings (SSSR count). The van der Waals surface area contributed by atoms with Crippen molar-refractivity contribution in [1.29, 1.82) is 0 Å². The SMILES string of the molecule is COc1ccc2nccc(CCNC[C@@H](O)C3CN(c4ccc5c(c4)OCCO5)C(=O)O3)c2n1. The standard InChI is InChI=1S/C24H26N4O6/c1-31-22-5-3-17-23(27-22)15(7-9-26-17)6-8-25-13-18(29)21-14-28(24(30)34-21)16-2-4-19-20(12-16)33-11-10-32-19/h2-5,7,9,12,18,21,25,29H,6,8,10-11,13-14H2,1H3/t18-,21?/m1/s1. The number of anilines is 1. The van der Waals surface area contributed by atoms with Gasteiger partial charge in [0.25, 0.3) is 0 Å². The number of ether oxygens (including phenoxy) is 4. The fourth-order valence-electron chi connectivity index (χ4n) is 4.08. The van der Waals surface area contributed by atoms with E-state index in [9.17, 15) is 9.90 Å². The van der Waals surface area contributed by atoms with Gasteiger partial charge in [-0.15, -0.1) is 0 Å². The van der Waals surface area contributed by atoms with E-state index in [4.69, 9.17) is 18.9 Å². The molecular formula is C24H26N4O6. The van der Waals surface area contributed by atoms with Crippen molar-refractivity contribution in [1.82, 2.24) is 15.3 Å². The van der Waals surface area contributed by atoms with Crippen LogP contribution in [-0.4, -0.2) is 73.3 Å². The van der Waals surface area contributed by atoms with Gasteiger partial charge in [-0.1, -0.05) is 0 Å². The summed E-state index contributed by atoms with van der Waals surface area (Å²) < 4.78 is 21.8. The highest BCUT2D eigenvalue weighted by molar-refractivity contribution is 5.90. The van der Waals surface area contributed by atoms with Crippen molar-refractivity contribution < 1.29 is 28.8 Å². The number of nitrogens with one attached hydrogen (secondary N) is 1. The van der Waals surface area contributed by atoms with Crippen LogP contribution in [0.4, 0.5) is 10.5 Å². The third-order valence-corrected chi connectivity index (χ3v) is 5.88. The number of methoxy groups -OCH3 is 1. The smallest absolute Gasteiger partial charge is 0.414 e. The molecule has 2 aromatic heterocycles. The van der Waals surface area contributed by atoms with Gasteiger partial charge in [-0.2, -0.15) is 0 Å². The third-order valence-electron chi connectivity index (χ3n) is 5.88. The van der Waals surface area contributed by atoms with Crippen LogP contribution in [0.2, 0.25) is 0 Å². The molecule has 1 aromatic carbocycles. The van der Waals surface area contributed by atoms with Gasteiger partial charge in [0.15, 0.2) is 11.5 Å². The summed E-state index contributed by atoms with van der Waals surface area (Å²) in [6, 6.07) is 10.9. The number of hydrogen-bond acceptors (Lipinski definition) is 9. The van der Waals surface area contributed by atoms with Crippen molar-refractivity contribution in [2.24, 2.45) is 0 Å². The molecule has 4 heterocycles. The van der Waals surface area contributed by atoms with Crippen LogP contribution >= 0.6 is 0 Å². The molecule has 2 atom stereocenters. The lowest BCUT2D eigenvalue weighted by molar-refractivity contribution is 0.0333. The summed E-state index contributed by atoms with van der Waals surface area (Å²) in [5.41, 5.74) is 3.27. The Bertz CT molecular complexity index is 1190. The third kappa shape index (κ3) is 4.55. The molecule has 10 heteroatoms. The van der Waals surface area contributed by atoms with Gasteiger partial charge >= 0.3 is 6.09 Å².